The van der Waals surface area contributed by atoms with Crippen LogP contribution in [0, 0.1) is 0 Å². The highest BCUT2D eigenvalue weighted by Crippen LogP contribution is 2.24. The molecule has 2 fully saturated rings. The Morgan fingerprint density at radius 1 is 1.25 bits per heavy atom. The predicted molar refractivity (Wildman–Crippen MR) is 87.5 cm³/mol. The molecular weight excluding hydrogens is 310 g/mol. The molecule has 0 atom stereocenters. The van der Waals surface area contributed by atoms with Crippen LogP contribution in [0.3, 0.4) is 0 Å². The van der Waals surface area contributed by atoms with Gasteiger partial charge in [-0.3, -0.25) is 0 Å². The summed E-state index contributed by atoms with van der Waals surface area (Å²) in [5, 5.41) is 0. The molecule has 1 aromatic carbocycles. The maximum Gasteiger partial charge on any atom is 0.410 e. The van der Waals surface area contributed by atoms with Crippen LogP contribution in [0.4, 0.5) is 4.79 Å². The fraction of sp³-hybridized carbons (Fsp3) is 0.611. The first kappa shape index (κ1) is 17.2. The first-order valence-corrected chi connectivity index (χ1v) is 8.50. The molecule has 0 bridgehead atoms. The molecule has 132 valence electrons. The Labute approximate surface area is 142 Å². The lowest BCUT2D eigenvalue weighted by atomic mass is 10.1. The van der Waals surface area contributed by atoms with Gasteiger partial charge in [-0.15, -0.1) is 0 Å². The van der Waals surface area contributed by atoms with Gasteiger partial charge in [0.1, 0.15) is 6.61 Å². The smallest absolute Gasteiger partial charge is 0.410 e. The average molecular weight is 335 g/mol. The largest absolute Gasteiger partial charge is 0.445 e. The van der Waals surface area contributed by atoms with Gasteiger partial charge >= 0.3 is 6.09 Å². The van der Waals surface area contributed by atoms with Crippen molar-refractivity contribution in [1.82, 2.24) is 4.90 Å². The molecule has 0 radical (unpaired) electrons. The average Bonchev–Trinajstić information content (AvgIpc) is 2.98. The number of ether oxygens (including phenoxy) is 4. The summed E-state index contributed by atoms with van der Waals surface area (Å²) in [6, 6.07) is 9.67. The summed E-state index contributed by atoms with van der Waals surface area (Å²) in [6.45, 7) is 5.45. The quantitative estimate of drug-likeness (QED) is 0.717. The van der Waals surface area contributed by atoms with Crippen molar-refractivity contribution in [1.29, 1.82) is 0 Å². The minimum absolute atomic E-state index is 0.104. The van der Waals surface area contributed by atoms with Crippen LogP contribution in [0.2, 0.25) is 0 Å². The van der Waals surface area contributed by atoms with Crippen molar-refractivity contribution in [3.05, 3.63) is 35.9 Å². The van der Waals surface area contributed by atoms with Crippen LogP contribution in [0.5, 0.6) is 0 Å². The van der Waals surface area contributed by atoms with E-state index in [9.17, 15) is 4.79 Å². The Bertz CT molecular complexity index is 523. The van der Waals surface area contributed by atoms with E-state index in [1.807, 2.05) is 37.3 Å². The van der Waals surface area contributed by atoms with Crippen molar-refractivity contribution < 1.29 is 23.7 Å². The van der Waals surface area contributed by atoms with Gasteiger partial charge in [0.05, 0.1) is 32.4 Å². The van der Waals surface area contributed by atoms with E-state index in [1.165, 1.54) is 0 Å². The highest BCUT2D eigenvalue weighted by atomic mass is 16.7. The van der Waals surface area contributed by atoms with E-state index in [2.05, 4.69) is 0 Å². The molecule has 6 nitrogen and oxygen atoms in total. The predicted octanol–water partition coefficient (Wildman–Crippen LogP) is 2.57. The van der Waals surface area contributed by atoms with Crippen molar-refractivity contribution >= 4 is 6.09 Å². The molecular formula is C18H25NO5. The van der Waals surface area contributed by atoms with Gasteiger partial charge in [0.25, 0.3) is 0 Å². The number of carbonyl (C=O) groups is 1. The Morgan fingerprint density at radius 3 is 2.67 bits per heavy atom. The molecule has 1 amide bonds. The van der Waals surface area contributed by atoms with Gasteiger partial charge in [-0.2, -0.15) is 0 Å². The van der Waals surface area contributed by atoms with E-state index in [4.69, 9.17) is 18.9 Å². The number of carbonyl (C=O) groups excluding carboxylic acids is 1. The third-order valence-corrected chi connectivity index (χ3v) is 4.34. The van der Waals surface area contributed by atoms with E-state index in [-0.39, 0.29) is 12.2 Å². The van der Waals surface area contributed by atoms with Crippen LogP contribution in [-0.4, -0.2) is 55.8 Å². The Balaban J connectivity index is 1.25. The summed E-state index contributed by atoms with van der Waals surface area (Å²) in [4.78, 5) is 13.6. The summed E-state index contributed by atoms with van der Waals surface area (Å²) < 4.78 is 22.2. The lowest BCUT2D eigenvalue weighted by Crippen LogP contribution is -2.55. The first-order valence-electron chi connectivity index (χ1n) is 8.50. The second kappa shape index (κ2) is 7.96. The van der Waals surface area contributed by atoms with Crippen LogP contribution >= 0.6 is 0 Å². The van der Waals surface area contributed by atoms with Crippen molar-refractivity contribution in [3.8, 4) is 0 Å². The third kappa shape index (κ3) is 4.69. The minimum Gasteiger partial charge on any atom is -0.445 e. The molecule has 2 saturated heterocycles. The van der Waals surface area contributed by atoms with E-state index >= 15 is 0 Å². The number of benzene rings is 1. The SMILES string of the molecule is CC1(CCCOC2CN(C(=O)OCc3ccccc3)C2)OCCO1. The first-order chi connectivity index (χ1) is 11.6. The standard InChI is InChI=1S/C18H25NO5/c1-18(23-10-11-24-18)8-5-9-21-16-12-19(13-16)17(20)22-14-15-6-3-2-4-7-15/h2-4,6-7,16H,5,8-14H2,1H3. The van der Waals surface area contributed by atoms with E-state index in [1.54, 1.807) is 4.90 Å². The Morgan fingerprint density at radius 2 is 1.96 bits per heavy atom. The second-order valence-electron chi connectivity index (χ2n) is 6.37. The lowest BCUT2D eigenvalue weighted by Gasteiger charge is -2.38. The van der Waals surface area contributed by atoms with Gasteiger partial charge < -0.3 is 23.8 Å². The fourth-order valence-electron chi connectivity index (χ4n) is 2.85. The zero-order valence-electron chi connectivity index (χ0n) is 14.1. The molecule has 3 rings (SSSR count). The van der Waals surface area contributed by atoms with Crippen molar-refractivity contribution in [3.63, 3.8) is 0 Å². The van der Waals surface area contributed by atoms with Crippen LogP contribution in [0.15, 0.2) is 30.3 Å². The molecule has 6 heteroatoms. The highest BCUT2D eigenvalue weighted by Gasteiger charge is 2.33. The monoisotopic (exact) mass is 335 g/mol. The second-order valence-corrected chi connectivity index (χ2v) is 6.37. The molecule has 1 aromatic rings. The zero-order valence-corrected chi connectivity index (χ0v) is 14.1. The van der Waals surface area contributed by atoms with Gasteiger partial charge in [0.2, 0.25) is 0 Å². The molecule has 24 heavy (non-hydrogen) atoms. The summed E-state index contributed by atoms with van der Waals surface area (Å²) in [7, 11) is 0. The number of hydrogen-bond donors (Lipinski definition) is 0. The number of rotatable bonds is 7. The Hall–Kier alpha value is -1.63. The van der Waals surface area contributed by atoms with Gasteiger partial charge in [0, 0.05) is 13.0 Å². The number of hydrogen-bond acceptors (Lipinski definition) is 5. The molecule has 2 aliphatic heterocycles. The van der Waals surface area contributed by atoms with E-state index in [0.29, 0.717) is 39.5 Å². The molecule has 0 spiro atoms. The molecule has 0 unspecified atom stereocenters. The maximum absolute atomic E-state index is 11.9. The number of amides is 1. The minimum atomic E-state index is -0.448. The normalized spacial score (nSPS) is 20.0. The number of likely N-dealkylation sites (tertiary alicyclic amines) is 1. The van der Waals surface area contributed by atoms with Crippen molar-refractivity contribution in [2.45, 2.75) is 38.3 Å². The highest BCUT2D eigenvalue weighted by molar-refractivity contribution is 5.68. The molecule has 2 aliphatic rings. The van der Waals surface area contributed by atoms with Crippen molar-refractivity contribution in [2.24, 2.45) is 0 Å². The Kier molecular flexibility index (Phi) is 5.71. The van der Waals surface area contributed by atoms with Crippen molar-refractivity contribution in [2.75, 3.05) is 32.9 Å². The van der Waals surface area contributed by atoms with Crippen LogP contribution in [0.1, 0.15) is 25.3 Å². The molecule has 0 aliphatic carbocycles. The third-order valence-electron chi connectivity index (χ3n) is 4.34. The summed E-state index contributed by atoms with van der Waals surface area (Å²) in [6.07, 6.45) is 1.53. The maximum atomic E-state index is 11.9. The topological polar surface area (TPSA) is 57.2 Å². The summed E-state index contributed by atoms with van der Waals surface area (Å²) >= 11 is 0. The van der Waals surface area contributed by atoms with E-state index in [0.717, 1.165) is 18.4 Å². The zero-order chi connectivity index (χ0) is 16.8. The van der Waals surface area contributed by atoms with Gasteiger partial charge in [-0.1, -0.05) is 30.3 Å². The van der Waals surface area contributed by atoms with Gasteiger partial charge in [-0.25, -0.2) is 4.79 Å². The van der Waals surface area contributed by atoms with Gasteiger partial charge in [-0.05, 0) is 18.9 Å². The summed E-state index contributed by atoms with van der Waals surface area (Å²) in [5.41, 5.74) is 0.990. The van der Waals surface area contributed by atoms with Gasteiger partial charge in [0.15, 0.2) is 5.79 Å². The summed E-state index contributed by atoms with van der Waals surface area (Å²) in [5.74, 6) is -0.448. The molecule has 2 heterocycles. The van der Waals surface area contributed by atoms with E-state index < -0.39 is 5.79 Å². The molecule has 0 N–H and O–H groups in total. The fourth-order valence-corrected chi connectivity index (χ4v) is 2.85. The van der Waals surface area contributed by atoms with Crippen LogP contribution in [-0.2, 0) is 25.6 Å². The molecule has 0 saturated carbocycles. The lowest BCUT2D eigenvalue weighted by molar-refractivity contribution is -0.151. The van der Waals surface area contributed by atoms with Crippen LogP contribution in [0.25, 0.3) is 0 Å². The number of nitrogens with zero attached hydrogens (tertiary/aromatic N) is 1. The molecule has 0 aromatic heterocycles. The van der Waals surface area contributed by atoms with Crippen LogP contribution < -0.4 is 0 Å².